The molecular formula is C17H20O3. The normalized spacial score (nSPS) is 10.5. The molecule has 0 fully saturated rings. The molecule has 0 unspecified atom stereocenters. The van der Waals surface area contributed by atoms with Gasteiger partial charge in [0.25, 0.3) is 0 Å². The van der Waals surface area contributed by atoms with Crippen LogP contribution in [0.4, 0.5) is 0 Å². The monoisotopic (exact) mass is 272 g/mol. The van der Waals surface area contributed by atoms with Gasteiger partial charge < -0.3 is 9.47 Å². The van der Waals surface area contributed by atoms with Crippen LogP contribution in [0.5, 0.6) is 5.75 Å². The summed E-state index contributed by atoms with van der Waals surface area (Å²) >= 11 is 0. The summed E-state index contributed by atoms with van der Waals surface area (Å²) in [6, 6.07) is 12.3. The van der Waals surface area contributed by atoms with E-state index in [2.05, 4.69) is 30.3 Å². The van der Waals surface area contributed by atoms with Gasteiger partial charge in [0, 0.05) is 6.42 Å². The minimum Gasteiger partial charge on any atom is -0.497 e. The lowest BCUT2D eigenvalue weighted by Gasteiger charge is -2.08. The van der Waals surface area contributed by atoms with Gasteiger partial charge in [-0.05, 0) is 48.2 Å². The van der Waals surface area contributed by atoms with Crippen LogP contribution in [-0.2, 0) is 16.0 Å². The number of rotatable bonds is 6. The summed E-state index contributed by atoms with van der Waals surface area (Å²) in [5, 5.41) is 2.38. The highest BCUT2D eigenvalue weighted by Gasteiger charge is 2.05. The van der Waals surface area contributed by atoms with Crippen LogP contribution in [-0.4, -0.2) is 19.7 Å². The average molecular weight is 272 g/mol. The third kappa shape index (κ3) is 3.50. The van der Waals surface area contributed by atoms with E-state index in [1.54, 1.807) is 7.11 Å². The first kappa shape index (κ1) is 14.4. The Bertz CT molecular complexity index is 590. The number of esters is 1. The number of carbonyl (C=O) groups excluding carboxylic acids is 1. The van der Waals surface area contributed by atoms with Gasteiger partial charge in [0.2, 0.25) is 0 Å². The predicted molar refractivity (Wildman–Crippen MR) is 80.1 cm³/mol. The molecule has 0 aliphatic heterocycles. The summed E-state index contributed by atoms with van der Waals surface area (Å²) in [5.74, 6) is 0.737. The number of aryl methyl sites for hydroxylation is 1. The summed E-state index contributed by atoms with van der Waals surface area (Å²) in [6.45, 7) is 2.28. The predicted octanol–water partition coefficient (Wildman–Crippen LogP) is 3.73. The van der Waals surface area contributed by atoms with Crippen LogP contribution in [0.1, 0.15) is 25.3 Å². The largest absolute Gasteiger partial charge is 0.497 e. The van der Waals surface area contributed by atoms with E-state index in [4.69, 9.17) is 9.47 Å². The Labute approximate surface area is 119 Å². The minimum atomic E-state index is -0.120. The van der Waals surface area contributed by atoms with Crippen LogP contribution in [0.25, 0.3) is 10.8 Å². The molecule has 0 bridgehead atoms. The molecule has 3 heteroatoms. The molecular weight excluding hydrogens is 252 g/mol. The maximum absolute atomic E-state index is 11.4. The molecule has 0 aliphatic carbocycles. The highest BCUT2D eigenvalue weighted by Crippen LogP contribution is 2.25. The quantitative estimate of drug-likeness (QED) is 0.752. The Morgan fingerprint density at radius 1 is 1.20 bits per heavy atom. The van der Waals surface area contributed by atoms with E-state index in [1.165, 1.54) is 16.3 Å². The van der Waals surface area contributed by atoms with Gasteiger partial charge >= 0.3 is 5.97 Å². The van der Waals surface area contributed by atoms with Crippen molar-refractivity contribution in [2.24, 2.45) is 0 Å². The van der Waals surface area contributed by atoms with Crippen molar-refractivity contribution in [2.75, 3.05) is 13.7 Å². The fourth-order valence-electron chi connectivity index (χ4n) is 2.32. The number of benzene rings is 2. The van der Waals surface area contributed by atoms with Crippen molar-refractivity contribution in [3.63, 3.8) is 0 Å². The van der Waals surface area contributed by atoms with Crippen LogP contribution in [0.2, 0.25) is 0 Å². The van der Waals surface area contributed by atoms with E-state index in [1.807, 2.05) is 13.0 Å². The third-order valence-electron chi connectivity index (χ3n) is 3.31. The number of carbonyl (C=O) groups is 1. The molecule has 0 saturated heterocycles. The molecule has 20 heavy (non-hydrogen) atoms. The summed E-state index contributed by atoms with van der Waals surface area (Å²) in [6.07, 6.45) is 2.13. The Morgan fingerprint density at radius 2 is 2.05 bits per heavy atom. The SMILES string of the molecule is CCOC(=O)CCCc1cccc2ccc(OC)cc12. The molecule has 0 radical (unpaired) electrons. The van der Waals surface area contributed by atoms with Crippen molar-refractivity contribution in [1.82, 2.24) is 0 Å². The Hall–Kier alpha value is -2.03. The molecule has 0 atom stereocenters. The molecule has 3 nitrogen and oxygen atoms in total. The lowest BCUT2D eigenvalue weighted by molar-refractivity contribution is -0.143. The van der Waals surface area contributed by atoms with E-state index in [-0.39, 0.29) is 5.97 Å². The van der Waals surface area contributed by atoms with Crippen LogP contribution in [0.3, 0.4) is 0 Å². The zero-order valence-corrected chi connectivity index (χ0v) is 12.0. The van der Waals surface area contributed by atoms with Gasteiger partial charge in [-0.15, -0.1) is 0 Å². The summed E-state index contributed by atoms with van der Waals surface area (Å²) in [4.78, 5) is 11.4. The minimum absolute atomic E-state index is 0.120. The van der Waals surface area contributed by atoms with Crippen molar-refractivity contribution in [2.45, 2.75) is 26.2 Å². The van der Waals surface area contributed by atoms with Gasteiger partial charge in [0.05, 0.1) is 13.7 Å². The fourth-order valence-corrected chi connectivity index (χ4v) is 2.32. The molecule has 0 aromatic heterocycles. The van der Waals surface area contributed by atoms with E-state index >= 15 is 0 Å². The average Bonchev–Trinajstić information content (AvgIpc) is 2.47. The lowest BCUT2D eigenvalue weighted by Crippen LogP contribution is -2.04. The van der Waals surface area contributed by atoms with Gasteiger partial charge in [-0.25, -0.2) is 0 Å². The topological polar surface area (TPSA) is 35.5 Å². The van der Waals surface area contributed by atoms with Crippen molar-refractivity contribution >= 4 is 16.7 Å². The molecule has 0 spiro atoms. The number of hydrogen-bond donors (Lipinski definition) is 0. The highest BCUT2D eigenvalue weighted by atomic mass is 16.5. The van der Waals surface area contributed by atoms with Crippen molar-refractivity contribution in [3.8, 4) is 5.75 Å². The van der Waals surface area contributed by atoms with Crippen molar-refractivity contribution < 1.29 is 14.3 Å². The molecule has 0 N–H and O–H groups in total. The molecule has 0 aliphatic rings. The van der Waals surface area contributed by atoms with E-state index in [0.717, 1.165) is 18.6 Å². The summed E-state index contributed by atoms with van der Waals surface area (Å²) in [5.41, 5.74) is 1.24. The molecule has 2 rings (SSSR count). The van der Waals surface area contributed by atoms with Crippen molar-refractivity contribution in [1.29, 1.82) is 0 Å². The second kappa shape index (κ2) is 6.94. The zero-order valence-electron chi connectivity index (χ0n) is 12.0. The maximum atomic E-state index is 11.4. The number of fused-ring (bicyclic) bond motifs is 1. The lowest BCUT2D eigenvalue weighted by atomic mass is 10.00. The van der Waals surface area contributed by atoms with Gasteiger partial charge in [-0.3, -0.25) is 4.79 Å². The second-order valence-electron chi connectivity index (χ2n) is 4.66. The molecule has 0 heterocycles. The zero-order chi connectivity index (χ0) is 14.4. The van der Waals surface area contributed by atoms with Crippen LogP contribution in [0.15, 0.2) is 36.4 Å². The van der Waals surface area contributed by atoms with Crippen LogP contribution >= 0.6 is 0 Å². The maximum Gasteiger partial charge on any atom is 0.305 e. The first-order valence-corrected chi connectivity index (χ1v) is 6.96. The van der Waals surface area contributed by atoms with Crippen LogP contribution < -0.4 is 4.74 Å². The van der Waals surface area contributed by atoms with E-state index < -0.39 is 0 Å². The Morgan fingerprint density at radius 3 is 2.80 bits per heavy atom. The number of hydrogen-bond acceptors (Lipinski definition) is 3. The first-order valence-electron chi connectivity index (χ1n) is 6.96. The van der Waals surface area contributed by atoms with Gasteiger partial charge in [0.1, 0.15) is 5.75 Å². The van der Waals surface area contributed by atoms with Gasteiger partial charge in [-0.2, -0.15) is 0 Å². The Kier molecular flexibility index (Phi) is 4.99. The number of ether oxygens (including phenoxy) is 2. The van der Waals surface area contributed by atoms with Gasteiger partial charge in [-0.1, -0.05) is 24.3 Å². The third-order valence-corrected chi connectivity index (χ3v) is 3.31. The van der Waals surface area contributed by atoms with Crippen LogP contribution in [0, 0.1) is 0 Å². The van der Waals surface area contributed by atoms with Crippen molar-refractivity contribution in [3.05, 3.63) is 42.0 Å². The molecule has 0 amide bonds. The first-order chi connectivity index (χ1) is 9.74. The molecule has 0 saturated carbocycles. The molecule has 2 aromatic rings. The summed E-state index contributed by atoms with van der Waals surface area (Å²) in [7, 11) is 1.67. The Balaban J connectivity index is 2.11. The summed E-state index contributed by atoms with van der Waals surface area (Å²) < 4.78 is 10.2. The van der Waals surface area contributed by atoms with Gasteiger partial charge in [0.15, 0.2) is 0 Å². The molecule has 106 valence electrons. The standard InChI is InChI=1S/C17H20O3/c1-3-20-17(18)9-5-8-13-6-4-7-14-10-11-15(19-2)12-16(13)14/h4,6-7,10-12H,3,5,8-9H2,1-2H3. The highest BCUT2D eigenvalue weighted by molar-refractivity contribution is 5.87. The smallest absolute Gasteiger partial charge is 0.305 e. The molecule has 2 aromatic carbocycles. The second-order valence-corrected chi connectivity index (χ2v) is 4.66. The van der Waals surface area contributed by atoms with E-state index in [9.17, 15) is 4.79 Å². The van der Waals surface area contributed by atoms with E-state index in [0.29, 0.717) is 13.0 Å². The number of methoxy groups -OCH3 is 1. The fraction of sp³-hybridized carbons (Fsp3) is 0.353.